The summed E-state index contributed by atoms with van der Waals surface area (Å²) in [7, 11) is 0. The highest BCUT2D eigenvalue weighted by Gasteiger charge is 2.17. The van der Waals surface area contributed by atoms with Crippen LogP contribution in [0.25, 0.3) is 0 Å². The number of aliphatic hydroxyl groups is 2. The molecule has 1 rings (SSSR count). The standard InChI is InChI=1S/C9H14N2O3/c10-4-3-7(12)9(14)6-1-2-8(13)11-5-6/h1-2,5,7,9,12,14H,3-4,10H2,(H,11,13). The first kappa shape index (κ1) is 10.9. The second kappa shape index (κ2) is 4.90. The summed E-state index contributed by atoms with van der Waals surface area (Å²) in [6, 6.07) is 2.77. The van der Waals surface area contributed by atoms with Gasteiger partial charge in [-0.1, -0.05) is 0 Å². The number of pyridine rings is 1. The van der Waals surface area contributed by atoms with Gasteiger partial charge in [0.15, 0.2) is 0 Å². The van der Waals surface area contributed by atoms with E-state index in [0.717, 1.165) is 0 Å². The number of aromatic amines is 1. The highest BCUT2D eigenvalue weighted by Crippen LogP contribution is 2.16. The van der Waals surface area contributed by atoms with E-state index in [0.29, 0.717) is 18.5 Å². The van der Waals surface area contributed by atoms with Gasteiger partial charge in [0.05, 0.1) is 6.10 Å². The molecule has 2 atom stereocenters. The number of hydrogen-bond donors (Lipinski definition) is 4. The zero-order chi connectivity index (χ0) is 10.6. The van der Waals surface area contributed by atoms with E-state index in [1.165, 1.54) is 18.3 Å². The Balaban J connectivity index is 2.73. The van der Waals surface area contributed by atoms with E-state index in [-0.39, 0.29) is 5.56 Å². The lowest BCUT2D eigenvalue weighted by Crippen LogP contribution is -2.22. The van der Waals surface area contributed by atoms with Crippen molar-refractivity contribution in [2.75, 3.05) is 6.54 Å². The quantitative estimate of drug-likeness (QED) is 0.504. The fourth-order valence-electron chi connectivity index (χ4n) is 1.16. The first-order chi connectivity index (χ1) is 6.65. The molecule has 0 saturated heterocycles. The van der Waals surface area contributed by atoms with Crippen molar-refractivity contribution >= 4 is 0 Å². The van der Waals surface area contributed by atoms with Crippen LogP contribution in [0.5, 0.6) is 0 Å². The summed E-state index contributed by atoms with van der Waals surface area (Å²) in [6.07, 6.45) is -0.200. The molecule has 0 aromatic carbocycles. The van der Waals surface area contributed by atoms with E-state index in [4.69, 9.17) is 5.73 Å². The molecule has 0 aliphatic carbocycles. The van der Waals surface area contributed by atoms with Crippen molar-refractivity contribution in [2.24, 2.45) is 5.73 Å². The van der Waals surface area contributed by atoms with E-state index in [2.05, 4.69) is 4.98 Å². The van der Waals surface area contributed by atoms with Crippen LogP contribution in [0.1, 0.15) is 18.1 Å². The molecule has 5 heteroatoms. The molecule has 1 aromatic heterocycles. The normalized spacial score (nSPS) is 15.1. The number of hydrogen-bond acceptors (Lipinski definition) is 4. The molecule has 5 nitrogen and oxygen atoms in total. The maximum atomic E-state index is 10.7. The monoisotopic (exact) mass is 198 g/mol. The zero-order valence-electron chi connectivity index (χ0n) is 7.68. The second-order valence-electron chi connectivity index (χ2n) is 3.08. The van der Waals surface area contributed by atoms with Gasteiger partial charge in [0.1, 0.15) is 6.10 Å². The Morgan fingerprint density at radius 1 is 1.43 bits per heavy atom. The molecule has 0 spiro atoms. The zero-order valence-corrected chi connectivity index (χ0v) is 7.68. The molecule has 0 amide bonds. The van der Waals surface area contributed by atoms with Gasteiger partial charge in [0.2, 0.25) is 5.56 Å². The molecule has 78 valence electrons. The molecule has 5 N–H and O–H groups in total. The molecule has 0 aliphatic rings. The lowest BCUT2D eigenvalue weighted by molar-refractivity contribution is 0.0148. The number of nitrogens with two attached hydrogens (primary N) is 1. The Morgan fingerprint density at radius 3 is 2.64 bits per heavy atom. The first-order valence-corrected chi connectivity index (χ1v) is 4.40. The van der Waals surface area contributed by atoms with Gasteiger partial charge < -0.3 is 20.9 Å². The number of nitrogens with one attached hydrogen (secondary N) is 1. The topological polar surface area (TPSA) is 99.3 Å². The summed E-state index contributed by atoms with van der Waals surface area (Å²) < 4.78 is 0. The molecule has 0 radical (unpaired) electrons. The summed E-state index contributed by atoms with van der Waals surface area (Å²) in [4.78, 5) is 13.1. The Kier molecular flexibility index (Phi) is 3.82. The van der Waals surface area contributed by atoms with Crippen LogP contribution in [-0.2, 0) is 0 Å². The fourth-order valence-corrected chi connectivity index (χ4v) is 1.16. The minimum atomic E-state index is -1.00. The van der Waals surface area contributed by atoms with Crippen molar-refractivity contribution in [1.82, 2.24) is 4.98 Å². The van der Waals surface area contributed by atoms with Crippen molar-refractivity contribution < 1.29 is 10.2 Å². The smallest absolute Gasteiger partial charge is 0.247 e. The summed E-state index contributed by atoms with van der Waals surface area (Å²) in [5.41, 5.74) is 5.48. The van der Waals surface area contributed by atoms with Crippen molar-refractivity contribution in [3.8, 4) is 0 Å². The number of aromatic nitrogens is 1. The maximum absolute atomic E-state index is 10.7. The van der Waals surface area contributed by atoms with Gasteiger partial charge in [-0.3, -0.25) is 4.79 Å². The Bertz CT molecular complexity index is 317. The minimum Gasteiger partial charge on any atom is -0.390 e. The van der Waals surface area contributed by atoms with Crippen LogP contribution in [0.4, 0.5) is 0 Å². The lowest BCUT2D eigenvalue weighted by Gasteiger charge is -2.16. The number of rotatable bonds is 4. The Labute approximate surface area is 81.2 Å². The maximum Gasteiger partial charge on any atom is 0.247 e. The largest absolute Gasteiger partial charge is 0.390 e. The summed E-state index contributed by atoms with van der Waals surface area (Å²) in [6.45, 7) is 0.307. The van der Waals surface area contributed by atoms with Gasteiger partial charge in [-0.05, 0) is 24.6 Å². The van der Waals surface area contributed by atoms with Gasteiger partial charge in [0, 0.05) is 12.3 Å². The summed E-state index contributed by atoms with van der Waals surface area (Å²) in [5, 5.41) is 19.0. The highest BCUT2D eigenvalue weighted by molar-refractivity contribution is 5.13. The predicted molar refractivity (Wildman–Crippen MR) is 51.7 cm³/mol. The average Bonchev–Trinajstić information content (AvgIpc) is 2.18. The van der Waals surface area contributed by atoms with Crippen LogP contribution >= 0.6 is 0 Å². The molecular weight excluding hydrogens is 184 g/mol. The SMILES string of the molecule is NCCC(O)C(O)c1ccc(=O)[nH]c1. The third-order valence-corrected chi connectivity index (χ3v) is 1.98. The highest BCUT2D eigenvalue weighted by atomic mass is 16.3. The van der Waals surface area contributed by atoms with Gasteiger partial charge in [-0.15, -0.1) is 0 Å². The molecule has 1 aromatic rings. The molecule has 0 bridgehead atoms. The van der Waals surface area contributed by atoms with Crippen LogP contribution in [0.3, 0.4) is 0 Å². The van der Waals surface area contributed by atoms with Crippen molar-refractivity contribution in [3.05, 3.63) is 34.2 Å². The average molecular weight is 198 g/mol. The lowest BCUT2D eigenvalue weighted by atomic mass is 10.0. The third-order valence-electron chi connectivity index (χ3n) is 1.98. The van der Waals surface area contributed by atoms with Gasteiger partial charge in [-0.2, -0.15) is 0 Å². The van der Waals surface area contributed by atoms with Crippen molar-refractivity contribution in [3.63, 3.8) is 0 Å². The fraction of sp³-hybridized carbons (Fsp3) is 0.444. The van der Waals surface area contributed by atoms with E-state index in [1.54, 1.807) is 0 Å². The van der Waals surface area contributed by atoms with Crippen molar-refractivity contribution in [1.29, 1.82) is 0 Å². The summed E-state index contributed by atoms with van der Waals surface area (Å²) >= 11 is 0. The van der Waals surface area contributed by atoms with E-state index >= 15 is 0 Å². The van der Waals surface area contributed by atoms with Crippen LogP contribution in [-0.4, -0.2) is 27.8 Å². The number of H-pyrrole nitrogens is 1. The molecule has 0 saturated carbocycles. The van der Waals surface area contributed by atoms with E-state index in [9.17, 15) is 15.0 Å². The molecule has 1 heterocycles. The van der Waals surface area contributed by atoms with Gasteiger partial charge in [-0.25, -0.2) is 0 Å². The Morgan fingerprint density at radius 2 is 2.14 bits per heavy atom. The molecule has 2 unspecified atom stereocenters. The second-order valence-corrected chi connectivity index (χ2v) is 3.08. The van der Waals surface area contributed by atoms with Gasteiger partial charge in [0.25, 0.3) is 0 Å². The van der Waals surface area contributed by atoms with Crippen LogP contribution < -0.4 is 11.3 Å². The van der Waals surface area contributed by atoms with E-state index in [1.807, 2.05) is 0 Å². The van der Waals surface area contributed by atoms with Crippen LogP contribution in [0.15, 0.2) is 23.1 Å². The Hall–Kier alpha value is -1.17. The van der Waals surface area contributed by atoms with Crippen LogP contribution in [0.2, 0.25) is 0 Å². The molecule has 0 fully saturated rings. The minimum absolute atomic E-state index is 0.241. The summed E-state index contributed by atoms with van der Waals surface area (Å²) in [5.74, 6) is 0. The first-order valence-electron chi connectivity index (χ1n) is 4.40. The predicted octanol–water partition coefficient (Wildman–Crippen LogP) is -0.882. The molecule has 0 aliphatic heterocycles. The molecular formula is C9H14N2O3. The van der Waals surface area contributed by atoms with Gasteiger partial charge >= 0.3 is 0 Å². The third kappa shape index (κ3) is 2.66. The van der Waals surface area contributed by atoms with E-state index < -0.39 is 12.2 Å². The van der Waals surface area contributed by atoms with Crippen LogP contribution in [0, 0.1) is 0 Å². The number of aliphatic hydroxyl groups excluding tert-OH is 2. The molecule has 14 heavy (non-hydrogen) atoms. The van der Waals surface area contributed by atoms with Crippen molar-refractivity contribution in [2.45, 2.75) is 18.6 Å².